The Kier molecular flexibility index (Phi) is 6.56. The SMILES string of the molecule is O=C(CCCc1cccs1)NNC(=O)COc1ccc(F)cc1. The lowest BCUT2D eigenvalue weighted by molar-refractivity contribution is -0.130. The highest BCUT2D eigenvalue weighted by molar-refractivity contribution is 7.09. The number of rotatable bonds is 7. The number of amides is 2. The Morgan fingerprint density at radius 2 is 1.83 bits per heavy atom. The normalized spacial score (nSPS) is 10.1. The van der Waals surface area contributed by atoms with Crippen LogP contribution in [0.15, 0.2) is 41.8 Å². The van der Waals surface area contributed by atoms with Gasteiger partial charge in [-0.3, -0.25) is 20.4 Å². The highest BCUT2D eigenvalue weighted by Gasteiger charge is 2.06. The predicted molar refractivity (Wildman–Crippen MR) is 85.4 cm³/mol. The Hall–Kier alpha value is -2.41. The van der Waals surface area contributed by atoms with Gasteiger partial charge in [0.1, 0.15) is 11.6 Å². The molecule has 1 aromatic carbocycles. The number of carbonyl (C=O) groups is 2. The van der Waals surface area contributed by atoms with Gasteiger partial charge in [0.25, 0.3) is 5.91 Å². The Bertz CT molecular complexity index is 629. The van der Waals surface area contributed by atoms with Crippen molar-refractivity contribution in [3.63, 3.8) is 0 Å². The molecule has 0 bridgehead atoms. The quantitative estimate of drug-likeness (QED) is 0.763. The first-order chi connectivity index (χ1) is 11.1. The van der Waals surface area contributed by atoms with Crippen molar-refractivity contribution in [3.05, 3.63) is 52.5 Å². The minimum absolute atomic E-state index is 0.253. The van der Waals surface area contributed by atoms with Crippen LogP contribution in [0.1, 0.15) is 17.7 Å². The summed E-state index contributed by atoms with van der Waals surface area (Å²) in [5.41, 5.74) is 4.61. The first-order valence-corrected chi connectivity index (χ1v) is 8.00. The summed E-state index contributed by atoms with van der Waals surface area (Å²) < 4.78 is 17.9. The zero-order chi connectivity index (χ0) is 16.5. The molecule has 1 heterocycles. The molecule has 0 atom stereocenters. The molecule has 2 rings (SSSR count). The minimum Gasteiger partial charge on any atom is -0.484 e. The van der Waals surface area contributed by atoms with Gasteiger partial charge in [-0.15, -0.1) is 11.3 Å². The summed E-state index contributed by atoms with van der Waals surface area (Å²) in [6, 6.07) is 9.32. The summed E-state index contributed by atoms with van der Waals surface area (Å²) in [6.45, 7) is -0.263. The first-order valence-electron chi connectivity index (χ1n) is 7.12. The van der Waals surface area contributed by atoms with Crippen LogP contribution in [0.3, 0.4) is 0 Å². The van der Waals surface area contributed by atoms with Gasteiger partial charge in [-0.25, -0.2) is 4.39 Å². The zero-order valence-electron chi connectivity index (χ0n) is 12.4. The molecule has 0 saturated heterocycles. The number of hydrazine groups is 1. The Morgan fingerprint density at radius 3 is 2.52 bits per heavy atom. The smallest absolute Gasteiger partial charge is 0.276 e. The average molecular weight is 336 g/mol. The molecule has 0 spiro atoms. The third kappa shape index (κ3) is 6.48. The molecule has 1 aromatic heterocycles. The third-order valence-electron chi connectivity index (χ3n) is 2.93. The molecule has 23 heavy (non-hydrogen) atoms. The molecule has 5 nitrogen and oxygen atoms in total. The summed E-state index contributed by atoms with van der Waals surface area (Å²) in [5.74, 6) is -0.738. The second-order valence-electron chi connectivity index (χ2n) is 4.77. The van der Waals surface area contributed by atoms with Crippen LogP contribution in [0.2, 0.25) is 0 Å². The molecule has 0 radical (unpaired) electrons. The van der Waals surface area contributed by atoms with Gasteiger partial charge in [-0.05, 0) is 48.6 Å². The molecule has 0 unspecified atom stereocenters. The second-order valence-corrected chi connectivity index (χ2v) is 5.80. The summed E-state index contributed by atoms with van der Waals surface area (Å²) in [5, 5.41) is 2.00. The first kappa shape index (κ1) is 17.0. The topological polar surface area (TPSA) is 67.4 Å². The zero-order valence-corrected chi connectivity index (χ0v) is 13.2. The number of hydrogen-bond donors (Lipinski definition) is 2. The fourth-order valence-corrected chi connectivity index (χ4v) is 2.55. The highest BCUT2D eigenvalue weighted by atomic mass is 32.1. The van der Waals surface area contributed by atoms with E-state index in [1.165, 1.54) is 29.1 Å². The standard InChI is InChI=1S/C16H17FN2O3S/c17-12-6-8-13(9-7-12)22-11-16(21)19-18-15(20)5-1-3-14-4-2-10-23-14/h2,4,6-10H,1,3,5,11H2,(H,18,20)(H,19,21). The van der Waals surface area contributed by atoms with E-state index < -0.39 is 5.91 Å². The van der Waals surface area contributed by atoms with E-state index >= 15 is 0 Å². The molecular formula is C16H17FN2O3S. The van der Waals surface area contributed by atoms with Crippen molar-refractivity contribution in [2.24, 2.45) is 0 Å². The van der Waals surface area contributed by atoms with Crippen LogP contribution < -0.4 is 15.6 Å². The van der Waals surface area contributed by atoms with Crippen LogP contribution in [0.25, 0.3) is 0 Å². The van der Waals surface area contributed by atoms with Crippen molar-refractivity contribution in [2.45, 2.75) is 19.3 Å². The van der Waals surface area contributed by atoms with Crippen LogP contribution in [-0.2, 0) is 16.0 Å². The molecule has 2 aromatic rings. The van der Waals surface area contributed by atoms with Gasteiger partial charge >= 0.3 is 0 Å². The summed E-state index contributed by atoms with van der Waals surface area (Å²) in [7, 11) is 0. The number of aryl methyl sites for hydroxylation is 1. The summed E-state index contributed by atoms with van der Waals surface area (Å²) in [6.07, 6.45) is 1.89. The van der Waals surface area contributed by atoms with Gasteiger partial charge in [-0.2, -0.15) is 0 Å². The minimum atomic E-state index is -0.485. The maximum atomic E-state index is 12.7. The third-order valence-corrected chi connectivity index (χ3v) is 3.87. The average Bonchev–Trinajstić information content (AvgIpc) is 3.06. The van der Waals surface area contributed by atoms with Gasteiger partial charge in [0.05, 0.1) is 0 Å². The number of carbonyl (C=O) groups excluding carboxylic acids is 2. The van der Waals surface area contributed by atoms with Crippen LogP contribution in [0.4, 0.5) is 4.39 Å². The molecule has 7 heteroatoms. The van der Waals surface area contributed by atoms with E-state index in [1.54, 1.807) is 11.3 Å². The number of nitrogens with one attached hydrogen (secondary N) is 2. The van der Waals surface area contributed by atoms with Gasteiger partial charge in [-0.1, -0.05) is 6.07 Å². The molecule has 0 aliphatic carbocycles. The monoisotopic (exact) mass is 336 g/mol. The van der Waals surface area contributed by atoms with Gasteiger partial charge < -0.3 is 4.74 Å². The fourth-order valence-electron chi connectivity index (χ4n) is 1.80. The van der Waals surface area contributed by atoms with Crippen molar-refractivity contribution in [1.82, 2.24) is 10.9 Å². The van der Waals surface area contributed by atoms with Gasteiger partial charge in [0, 0.05) is 11.3 Å². The van der Waals surface area contributed by atoms with Crippen molar-refractivity contribution in [2.75, 3.05) is 6.61 Å². The predicted octanol–water partition coefficient (Wildman–Crippen LogP) is 2.44. The van der Waals surface area contributed by atoms with Crippen molar-refractivity contribution < 1.29 is 18.7 Å². The molecule has 122 valence electrons. The Morgan fingerprint density at radius 1 is 1.09 bits per heavy atom. The van der Waals surface area contributed by atoms with Crippen LogP contribution in [0, 0.1) is 5.82 Å². The lowest BCUT2D eigenvalue weighted by atomic mass is 10.2. The van der Waals surface area contributed by atoms with Gasteiger partial charge in [0.2, 0.25) is 5.91 Å². The van der Waals surface area contributed by atoms with E-state index in [4.69, 9.17) is 4.74 Å². The van der Waals surface area contributed by atoms with Crippen LogP contribution in [0.5, 0.6) is 5.75 Å². The largest absolute Gasteiger partial charge is 0.484 e. The fraction of sp³-hybridized carbons (Fsp3) is 0.250. The van der Waals surface area contributed by atoms with Crippen molar-refractivity contribution in [1.29, 1.82) is 0 Å². The van der Waals surface area contributed by atoms with Crippen LogP contribution >= 0.6 is 11.3 Å². The van der Waals surface area contributed by atoms with Gasteiger partial charge in [0.15, 0.2) is 6.61 Å². The van der Waals surface area contributed by atoms with E-state index in [0.29, 0.717) is 18.6 Å². The molecule has 2 N–H and O–H groups in total. The molecule has 0 fully saturated rings. The Labute approximate surface area is 137 Å². The molecule has 2 amide bonds. The summed E-state index contributed by atoms with van der Waals surface area (Å²) in [4.78, 5) is 24.3. The number of thiophene rings is 1. The number of benzene rings is 1. The Balaban J connectivity index is 1.58. The lowest BCUT2D eigenvalue weighted by Crippen LogP contribution is -2.43. The maximum Gasteiger partial charge on any atom is 0.276 e. The maximum absolute atomic E-state index is 12.7. The van der Waals surface area contributed by atoms with E-state index in [9.17, 15) is 14.0 Å². The van der Waals surface area contributed by atoms with E-state index in [-0.39, 0.29) is 18.3 Å². The van der Waals surface area contributed by atoms with E-state index in [2.05, 4.69) is 10.9 Å². The van der Waals surface area contributed by atoms with E-state index in [0.717, 1.165) is 6.42 Å². The second kappa shape index (κ2) is 8.89. The lowest BCUT2D eigenvalue weighted by Gasteiger charge is -2.08. The molecule has 0 saturated carbocycles. The molecule has 0 aliphatic heterocycles. The molecule has 0 aliphatic rings. The van der Waals surface area contributed by atoms with Crippen molar-refractivity contribution >= 4 is 23.2 Å². The van der Waals surface area contributed by atoms with Crippen LogP contribution in [-0.4, -0.2) is 18.4 Å². The van der Waals surface area contributed by atoms with E-state index in [1.807, 2.05) is 17.5 Å². The number of ether oxygens (including phenoxy) is 1. The summed E-state index contributed by atoms with van der Waals surface area (Å²) >= 11 is 1.66. The number of hydrogen-bond acceptors (Lipinski definition) is 4. The highest BCUT2D eigenvalue weighted by Crippen LogP contribution is 2.12. The molecular weight excluding hydrogens is 319 g/mol. The number of halogens is 1. The van der Waals surface area contributed by atoms with Crippen molar-refractivity contribution in [3.8, 4) is 5.75 Å².